The molecule has 2 aliphatic rings. The minimum atomic E-state index is -0.284. The van der Waals surface area contributed by atoms with Gasteiger partial charge in [-0.3, -0.25) is 14.5 Å². The van der Waals surface area contributed by atoms with Gasteiger partial charge in [0.1, 0.15) is 11.4 Å². The molecule has 0 saturated carbocycles. The van der Waals surface area contributed by atoms with E-state index in [9.17, 15) is 9.59 Å². The van der Waals surface area contributed by atoms with E-state index in [2.05, 4.69) is 12.6 Å². The van der Waals surface area contributed by atoms with E-state index in [4.69, 9.17) is 4.74 Å². The second kappa shape index (κ2) is 7.35. The summed E-state index contributed by atoms with van der Waals surface area (Å²) < 4.78 is 5.50. The average molecular weight is 374 g/mol. The number of carbonyl (C=O) groups is 2. The molecular weight excluding hydrogens is 352 g/mol. The van der Waals surface area contributed by atoms with Gasteiger partial charge in [0, 0.05) is 18.8 Å². The molecule has 0 unspecified atom stereocenters. The standard InChI is InChI=1S/C23H22N2O3/c1-3-14-25-22(26)20(17-9-11-18(12-10-17)28-4-2)21(23(25)27)24-15-13-16-7-5-6-8-19(16)24/h3,5-12H,1,4,13-15H2,2H3. The van der Waals surface area contributed by atoms with Gasteiger partial charge in [-0.1, -0.05) is 36.4 Å². The van der Waals surface area contributed by atoms with Crippen LogP contribution < -0.4 is 9.64 Å². The quantitative estimate of drug-likeness (QED) is 0.574. The highest BCUT2D eigenvalue weighted by atomic mass is 16.5. The zero-order chi connectivity index (χ0) is 19.7. The first-order valence-electron chi connectivity index (χ1n) is 9.45. The molecule has 4 rings (SSSR count). The topological polar surface area (TPSA) is 49.9 Å². The Balaban J connectivity index is 1.83. The van der Waals surface area contributed by atoms with Crippen molar-refractivity contribution in [1.82, 2.24) is 4.90 Å². The lowest BCUT2D eigenvalue weighted by Crippen LogP contribution is -2.34. The molecule has 5 heteroatoms. The SMILES string of the molecule is C=CCN1C(=O)C(c2ccc(OCC)cc2)=C(N2CCc3ccccc32)C1=O. The van der Waals surface area contributed by atoms with Crippen LogP contribution in [0.15, 0.2) is 66.9 Å². The molecule has 0 bridgehead atoms. The monoisotopic (exact) mass is 374 g/mol. The molecule has 0 fully saturated rings. The highest BCUT2D eigenvalue weighted by Crippen LogP contribution is 2.38. The maximum atomic E-state index is 13.2. The predicted molar refractivity (Wildman–Crippen MR) is 109 cm³/mol. The van der Waals surface area contributed by atoms with Crippen molar-refractivity contribution in [3.63, 3.8) is 0 Å². The molecule has 2 amide bonds. The van der Waals surface area contributed by atoms with Gasteiger partial charge in [-0.05, 0) is 42.7 Å². The summed E-state index contributed by atoms with van der Waals surface area (Å²) in [6.07, 6.45) is 2.42. The summed E-state index contributed by atoms with van der Waals surface area (Å²) in [4.78, 5) is 29.6. The molecule has 142 valence electrons. The van der Waals surface area contributed by atoms with Crippen LogP contribution in [0.4, 0.5) is 5.69 Å². The first kappa shape index (κ1) is 18.0. The molecule has 5 nitrogen and oxygen atoms in total. The molecule has 2 aromatic rings. The number of fused-ring (bicyclic) bond motifs is 1. The van der Waals surface area contributed by atoms with Crippen LogP contribution in [0.2, 0.25) is 0 Å². The minimum Gasteiger partial charge on any atom is -0.494 e. The van der Waals surface area contributed by atoms with E-state index in [-0.39, 0.29) is 18.4 Å². The molecule has 0 spiro atoms. The third-order valence-electron chi connectivity index (χ3n) is 5.07. The van der Waals surface area contributed by atoms with Gasteiger partial charge in [0.25, 0.3) is 11.8 Å². The van der Waals surface area contributed by atoms with Crippen LogP contribution in [0.25, 0.3) is 5.57 Å². The van der Waals surface area contributed by atoms with E-state index >= 15 is 0 Å². The number of imide groups is 1. The normalized spacial score (nSPS) is 16.0. The van der Waals surface area contributed by atoms with Crippen LogP contribution in [-0.4, -0.2) is 36.4 Å². The number of hydrogen-bond acceptors (Lipinski definition) is 4. The van der Waals surface area contributed by atoms with E-state index in [1.165, 1.54) is 10.5 Å². The van der Waals surface area contributed by atoms with Crippen molar-refractivity contribution in [3.8, 4) is 5.75 Å². The van der Waals surface area contributed by atoms with Gasteiger partial charge in [0.2, 0.25) is 0 Å². The molecular formula is C23H22N2O3. The number of hydrogen-bond donors (Lipinski definition) is 0. The van der Waals surface area contributed by atoms with Gasteiger partial charge >= 0.3 is 0 Å². The Morgan fingerprint density at radius 2 is 1.82 bits per heavy atom. The maximum Gasteiger partial charge on any atom is 0.278 e. The van der Waals surface area contributed by atoms with Crippen molar-refractivity contribution < 1.29 is 14.3 Å². The lowest BCUT2D eigenvalue weighted by Gasteiger charge is -2.21. The Kier molecular flexibility index (Phi) is 4.74. The van der Waals surface area contributed by atoms with Gasteiger partial charge in [0.05, 0.1) is 12.2 Å². The van der Waals surface area contributed by atoms with Gasteiger partial charge in [-0.15, -0.1) is 6.58 Å². The van der Waals surface area contributed by atoms with Crippen molar-refractivity contribution in [3.05, 3.63) is 78.0 Å². The van der Waals surface area contributed by atoms with Gasteiger partial charge in [-0.25, -0.2) is 0 Å². The lowest BCUT2D eigenvalue weighted by molar-refractivity contribution is -0.136. The second-order valence-electron chi connectivity index (χ2n) is 6.72. The van der Waals surface area contributed by atoms with Crippen molar-refractivity contribution in [2.75, 3.05) is 24.6 Å². The zero-order valence-electron chi connectivity index (χ0n) is 15.9. The fraction of sp³-hybridized carbons (Fsp3) is 0.217. The first-order chi connectivity index (χ1) is 13.7. The Bertz CT molecular complexity index is 976. The van der Waals surface area contributed by atoms with Crippen molar-refractivity contribution >= 4 is 23.1 Å². The highest BCUT2D eigenvalue weighted by Gasteiger charge is 2.42. The third kappa shape index (κ3) is 2.89. The Morgan fingerprint density at radius 3 is 2.54 bits per heavy atom. The molecule has 0 N–H and O–H groups in total. The van der Waals surface area contributed by atoms with E-state index in [0.29, 0.717) is 30.0 Å². The average Bonchev–Trinajstić information content (AvgIpc) is 3.23. The second-order valence-corrected chi connectivity index (χ2v) is 6.72. The number of benzene rings is 2. The van der Waals surface area contributed by atoms with E-state index < -0.39 is 0 Å². The van der Waals surface area contributed by atoms with Gasteiger partial charge < -0.3 is 9.64 Å². The molecule has 2 aliphatic heterocycles. The van der Waals surface area contributed by atoms with Crippen LogP contribution in [0, 0.1) is 0 Å². The van der Waals surface area contributed by atoms with Crippen LogP contribution in [0.3, 0.4) is 0 Å². The largest absolute Gasteiger partial charge is 0.494 e. The number of carbonyl (C=O) groups excluding carboxylic acids is 2. The molecule has 0 saturated heterocycles. The van der Waals surface area contributed by atoms with Crippen LogP contribution in [0.1, 0.15) is 18.1 Å². The van der Waals surface area contributed by atoms with Gasteiger partial charge in [0.15, 0.2) is 0 Å². The van der Waals surface area contributed by atoms with E-state index in [0.717, 1.165) is 17.9 Å². The summed E-state index contributed by atoms with van der Waals surface area (Å²) in [7, 11) is 0. The third-order valence-corrected chi connectivity index (χ3v) is 5.07. The number of amides is 2. The summed E-state index contributed by atoms with van der Waals surface area (Å²) >= 11 is 0. The van der Waals surface area contributed by atoms with Crippen LogP contribution in [0.5, 0.6) is 5.75 Å². The lowest BCUT2D eigenvalue weighted by atomic mass is 10.0. The zero-order valence-corrected chi connectivity index (χ0v) is 15.9. The summed E-state index contributed by atoms with van der Waals surface area (Å²) in [5.41, 5.74) is 3.77. The number of anilines is 1. The van der Waals surface area contributed by atoms with E-state index in [1.807, 2.05) is 54.3 Å². The van der Waals surface area contributed by atoms with Crippen molar-refractivity contribution in [1.29, 1.82) is 0 Å². The smallest absolute Gasteiger partial charge is 0.278 e. The highest BCUT2D eigenvalue weighted by molar-refractivity contribution is 6.36. The first-order valence-corrected chi connectivity index (χ1v) is 9.45. The summed E-state index contributed by atoms with van der Waals surface area (Å²) in [6, 6.07) is 15.3. The van der Waals surface area contributed by atoms with Gasteiger partial charge in [-0.2, -0.15) is 0 Å². The fourth-order valence-corrected chi connectivity index (χ4v) is 3.82. The molecule has 0 aliphatic carbocycles. The number of para-hydroxylation sites is 1. The molecule has 28 heavy (non-hydrogen) atoms. The Labute approximate surface area is 164 Å². The number of ether oxygens (including phenoxy) is 1. The van der Waals surface area contributed by atoms with Crippen LogP contribution in [-0.2, 0) is 16.0 Å². The number of nitrogens with zero attached hydrogens (tertiary/aromatic N) is 2. The summed E-state index contributed by atoms with van der Waals surface area (Å²) in [6.45, 7) is 7.05. The molecule has 2 aromatic carbocycles. The predicted octanol–water partition coefficient (Wildman–Crippen LogP) is 3.41. The Hall–Kier alpha value is -3.34. The fourth-order valence-electron chi connectivity index (χ4n) is 3.82. The van der Waals surface area contributed by atoms with Crippen molar-refractivity contribution in [2.24, 2.45) is 0 Å². The van der Waals surface area contributed by atoms with Crippen molar-refractivity contribution in [2.45, 2.75) is 13.3 Å². The summed E-state index contributed by atoms with van der Waals surface area (Å²) in [5, 5.41) is 0. The molecule has 0 aromatic heterocycles. The molecule has 0 atom stereocenters. The Morgan fingerprint density at radius 1 is 1.07 bits per heavy atom. The molecule has 2 heterocycles. The summed E-state index contributed by atoms with van der Waals surface area (Å²) in [5.74, 6) is 0.179. The number of rotatable bonds is 6. The maximum absolute atomic E-state index is 13.2. The minimum absolute atomic E-state index is 0.192. The van der Waals surface area contributed by atoms with E-state index in [1.54, 1.807) is 6.08 Å². The molecule has 0 radical (unpaired) electrons. The van der Waals surface area contributed by atoms with Crippen LogP contribution >= 0.6 is 0 Å².